The average Bonchev–Trinajstić information content (AvgIpc) is 2.80. The van der Waals surface area contributed by atoms with Crippen LogP contribution in [0, 0.1) is 0 Å². The first-order valence-electron chi connectivity index (χ1n) is 11.1. The van der Waals surface area contributed by atoms with E-state index in [4.69, 9.17) is 0 Å². The van der Waals surface area contributed by atoms with E-state index in [2.05, 4.69) is 5.32 Å². The number of rotatable bonds is 6. The standard InChI is InChI=1S/C25H29N3O3/c29-22-13-4-6-15-27(22)21-12-8-9-19(17-21)18-26-25(31)24(20-10-2-1-3-11-20)28-16-7-5-14-23(28)30/h1-3,8-12,17,24H,4-7,13-16,18H2,(H,26,31). The second-order valence-electron chi connectivity index (χ2n) is 8.25. The largest absolute Gasteiger partial charge is 0.350 e. The maximum Gasteiger partial charge on any atom is 0.247 e. The van der Waals surface area contributed by atoms with Gasteiger partial charge in [-0.2, -0.15) is 0 Å². The quantitative estimate of drug-likeness (QED) is 0.778. The van der Waals surface area contributed by atoms with E-state index in [-0.39, 0.29) is 17.7 Å². The molecule has 6 heteroatoms. The summed E-state index contributed by atoms with van der Waals surface area (Å²) in [5, 5.41) is 3.02. The molecule has 4 rings (SSSR count). The molecule has 0 aliphatic carbocycles. The third kappa shape index (κ3) is 4.95. The van der Waals surface area contributed by atoms with Crippen LogP contribution in [0.1, 0.15) is 55.7 Å². The van der Waals surface area contributed by atoms with Gasteiger partial charge in [-0.15, -0.1) is 0 Å². The lowest BCUT2D eigenvalue weighted by Crippen LogP contribution is -2.45. The van der Waals surface area contributed by atoms with Gasteiger partial charge in [0.1, 0.15) is 6.04 Å². The molecule has 6 nitrogen and oxygen atoms in total. The van der Waals surface area contributed by atoms with E-state index in [0.29, 0.717) is 25.9 Å². The SMILES string of the molecule is O=C(NCc1cccc(N2CCCCC2=O)c1)C(c1ccccc1)N1CCCCC1=O. The number of nitrogens with zero attached hydrogens (tertiary/aromatic N) is 2. The molecule has 2 aromatic rings. The molecule has 0 spiro atoms. The molecule has 2 fully saturated rings. The molecule has 2 aliphatic rings. The topological polar surface area (TPSA) is 69.7 Å². The predicted molar refractivity (Wildman–Crippen MR) is 119 cm³/mol. The number of hydrogen-bond acceptors (Lipinski definition) is 3. The Labute approximate surface area is 183 Å². The summed E-state index contributed by atoms with van der Waals surface area (Å²) in [6.07, 6.45) is 4.82. The third-order valence-corrected chi connectivity index (χ3v) is 6.05. The molecule has 1 atom stereocenters. The van der Waals surface area contributed by atoms with Crippen LogP contribution >= 0.6 is 0 Å². The summed E-state index contributed by atoms with van der Waals surface area (Å²) in [5.74, 6) is 0.00181. The highest BCUT2D eigenvalue weighted by Gasteiger charge is 2.32. The zero-order valence-electron chi connectivity index (χ0n) is 17.8. The van der Waals surface area contributed by atoms with Crippen LogP contribution < -0.4 is 10.2 Å². The lowest BCUT2D eigenvalue weighted by atomic mass is 10.0. The van der Waals surface area contributed by atoms with E-state index in [1.165, 1.54) is 0 Å². The number of benzene rings is 2. The molecule has 0 saturated carbocycles. The van der Waals surface area contributed by atoms with E-state index in [1.54, 1.807) is 4.90 Å². The van der Waals surface area contributed by atoms with Gasteiger partial charge in [0.15, 0.2) is 0 Å². The number of likely N-dealkylation sites (tertiary alicyclic amines) is 1. The van der Waals surface area contributed by atoms with Gasteiger partial charge in [0, 0.05) is 38.2 Å². The van der Waals surface area contributed by atoms with Gasteiger partial charge in [0.25, 0.3) is 0 Å². The Morgan fingerprint density at radius 2 is 1.61 bits per heavy atom. The highest BCUT2D eigenvalue weighted by molar-refractivity contribution is 5.94. The molecule has 2 aromatic carbocycles. The zero-order valence-corrected chi connectivity index (χ0v) is 17.8. The first kappa shape index (κ1) is 21.1. The van der Waals surface area contributed by atoms with Gasteiger partial charge in [-0.1, -0.05) is 42.5 Å². The van der Waals surface area contributed by atoms with E-state index in [9.17, 15) is 14.4 Å². The lowest BCUT2D eigenvalue weighted by molar-refractivity contribution is -0.142. The van der Waals surface area contributed by atoms with Crippen molar-refractivity contribution < 1.29 is 14.4 Å². The van der Waals surface area contributed by atoms with E-state index in [1.807, 2.05) is 59.5 Å². The van der Waals surface area contributed by atoms with Gasteiger partial charge in [0.05, 0.1) is 0 Å². The van der Waals surface area contributed by atoms with Gasteiger partial charge in [-0.05, 0) is 48.9 Å². The van der Waals surface area contributed by atoms with Crippen LogP contribution in [0.2, 0.25) is 0 Å². The summed E-state index contributed by atoms with van der Waals surface area (Å²) in [6.45, 7) is 1.68. The molecule has 0 radical (unpaired) electrons. The highest BCUT2D eigenvalue weighted by Crippen LogP contribution is 2.26. The van der Waals surface area contributed by atoms with Crippen molar-refractivity contribution in [1.82, 2.24) is 10.2 Å². The normalized spacial score (nSPS) is 18.1. The second kappa shape index (κ2) is 9.77. The van der Waals surface area contributed by atoms with Crippen LogP contribution in [-0.2, 0) is 20.9 Å². The van der Waals surface area contributed by atoms with Gasteiger partial charge >= 0.3 is 0 Å². The number of hydrogen-bond donors (Lipinski definition) is 1. The number of nitrogens with one attached hydrogen (secondary N) is 1. The number of piperidine rings is 2. The zero-order chi connectivity index (χ0) is 21.6. The first-order valence-corrected chi connectivity index (χ1v) is 11.1. The summed E-state index contributed by atoms with van der Waals surface area (Å²) >= 11 is 0. The molecule has 31 heavy (non-hydrogen) atoms. The van der Waals surface area contributed by atoms with Crippen molar-refractivity contribution in [3.05, 3.63) is 65.7 Å². The summed E-state index contributed by atoms with van der Waals surface area (Å²) in [5.41, 5.74) is 2.63. The van der Waals surface area contributed by atoms with Crippen LogP contribution in [-0.4, -0.2) is 35.7 Å². The number of carbonyl (C=O) groups excluding carboxylic acids is 3. The van der Waals surface area contributed by atoms with Crippen molar-refractivity contribution in [1.29, 1.82) is 0 Å². The minimum Gasteiger partial charge on any atom is -0.350 e. The summed E-state index contributed by atoms with van der Waals surface area (Å²) in [6, 6.07) is 16.6. The monoisotopic (exact) mass is 419 g/mol. The molecule has 1 unspecified atom stereocenters. The van der Waals surface area contributed by atoms with Crippen molar-refractivity contribution in [2.45, 2.75) is 51.1 Å². The Balaban J connectivity index is 1.48. The summed E-state index contributed by atoms with van der Waals surface area (Å²) in [7, 11) is 0. The van der Waals surface area contributed by atoms with Crippen molar-refractivity contribution in [2.75, 3.05) is 18.0 Å². The van der Waals surface area contributed by atoms with Crippen LogP contribution in [0.5, 0.6) is 0 Å². The molecule has 2 heterocycles. The van der Waals surface area contributed by atoms with E-state index >= 15 is 0 Å². The Morgan fingerprint density at radius 1 is 0.871 bits per heavy atom. The summed E-state index contributed by atoms with van der Waals surface area (Å²) < 4.78 is 0. The molecule has 2 aliphatic heterocycles. The Hall–Kier alpha value is -3.15. The Kier molecular flexibility index (Phi) is 6.65. The molecule has 0 bridgehead atoms. The molecule has 162 valence electrons. The smallest absolute Gasteiger partial charge is 0.247 e. The minimum absolute atomic E-state index is 0.0286. The third-order valence-electron chi connectivity index (χ3n) is 6.05. The van der Waals surface area contributed by atoms with Crippen molar-refractivity contribution >= 4 is 23.4 Å². The minimum atomic E-state index is -0.624. The lowest BCUT2D eigenvalue weighted by Gasteiger charge is -2.34. The van der Waals surface area contributed by atoms with Crippen LogP contribution in [0.4, 0.5) is 5.69 Å². The van der Waals surface area contributed by atoms with Crippen molar-refractivity contribution in [3.8, 4) is 0 Å². The van der Waals surface area contributed by atoms with E-state index in [0.717, 1.165) is 49.0 Å². The van der Waals surface area contributed by atoms with Crippen molar-refractivity contribution in [2.24, 2.45) is 0 Å². The highest BCUT2D eigenvalue weighted by atomic mass is 16.2. The predicted octanol–water partition coefficient (Wildman–Crippen LogP) is 3.57. The second-order valence-corrected chi connectivity index (χ2v) is 8.25. The molecule has 1 N–H and O–H groups in total. The fourth-order valence-corrected chi connectivity index (χ4v) is 4.41. The Morgan fingerprint density at radius 3 is 2.35 bits per heavy atom. The summed E-state index contributed by atoms with van der Waals surface area (Å²) in [4.78, 5) is 41.6. The average molecular weight is 420 g/mol. The number of anilines is 1. The Bertz CT molecular complexity index is 944. The molecule has 0 aromatic heterocycles. The maximum absolute atomic E-state index is 13.2. The molecule has 3 amide bonds. The molecule has 2 saturated heterocycles. The van der Waals surface area contributed by atoms with Crippen LogP contribution in [0.15, 0.2) is 54.6 Å². The molecular formula is C25H29N3O3. The number of carbonyl (C=O) groups is 3. The first-order chi connectivity index (χ1) is 15.1. The maximum atomic E-state index is 13.2. The van der Waals surface area contributed by atoms with Gasteiger partial charge < -0.3 is 15.1 Å². The van der Waals surface area contributed by atoms with Crippen molar-refractivity contribution in [3.63, 3.8) is 0 Å². The van der Waals surface area contributed by atoms with Gasteiger partial charge in [-0.3, -0.25) is 14.4 Å². The van der Waals surface area contributed by atoms with Gasteiger partial charge in [-0.25, -0.2) is 0 Å². The fourth-order valence-electron chi connectivity index (χ4n) is 4.41. The van der Waals surface area contributed by atoms with E-state index < -0.39 is 6.04 Å². The van der Waals surface area contributed by atoms with Crippen LogP contribution in [0.3, 0.4) is 0 Å². The molecular weight excluding hydrogens is 390 g/mol. The number of amides is 3. The fraction of sp³-hybridized carbons (Fsp3) is 0.400. The van der Waals surface area contributed by atoms with Crippen LogP contribution in [0.25, 0.3) is 0 Å². The van der Waals surface area contributed by atoms with Gasteiger partial charge in [0.2, 0.25) is 17.7 Å².